The molecule has 19 heavy (non-hydrogen) atoms. The van der Waals surface area contributed by atoms with E-state index in [1.807, 2.05) is 4.90 Å². The summed E-state index contributed by atoms with van der Waals surface area (Å²) in [7, 11) is -2.90. The minimum absolute atomic E-state index is 0.172. The molecule has 0 aliphatic carbocycles. The van der Waals surface area contributed by atoms with Crippen LogP contribution in [0.1, 0.15) is 0 Å². The molecule has 3 saturated heterocycles. The standard InChI is InChI=1S/C11H20N2O5S/c14-19(15)9-3-13(4-10-19)11(17-7-8-18-11)12-1-5-16-6-2-12/h1-10H2. The van der Waals surface area contributed by atoms with E-state index in [1.165, 1.54) is 0 Å². The molecule has 110 valence electrons. The topological polar surface area (TPSA) is 68.3 Å². The number of sulfone groups is 1. The summed E-state index contributed by atoms with van der Waals surface area (Å²) in [6, 6.07) is -0.875. The SMILES string of the molecule is O=S1(=O)CCN(C2(N3CCOCC3)OCCO2)CC1. The van der Waals surface area contributed by atoms with Crippen molar-refractivity contribution in [3.8, 4) is 0 Å². The van der Waals surface area contributed by atoms with Crippen molar-refractivity contribution in [2.24, 2.45) is 0 Å². The van der Waals surface area contributed by atoms with Crippen LogP contribution in [0.15, 0.2) is 0 Å². The van der Waals surface area contributed by atoms with Gasteiger partial charge in [0.25, 0.3) is 6.03 Å². The van der Waals surface area contributed by atoms with Gasteiger partial charge in [-0.25, -0.2) is 18.2 Å². The van der Waals surface area contributed by atoms with E-state index in [0.29, 0.717) is 39.5 Å². The molecule has 0 aromatic rings. The van der Waals surface area contributed by atoms with Gasteiger partial charge in [0, 0.05) is 26.2 Å². The molecule has 3 fully saturated rings. The number of morpholine rings is 1. The molecule has 0 atom stereocenters. The fraction of sp³-hybridized carbons (Fsp3) is 1.00. The summed E-state index contributed by atoms with van der Waals surface area (Å²) in [5.74, 6) is 0.345. The molecule has 7 nitrogen and oxygen atoms in total. The van der Waals surface area contributed by atoms with E-state index in [1.54, 1.807) is 0 Å². The Bertz CT molecular complexity index is 401. The Morgan fingerprint density at radius 1 is 0.789 bits per heavy atom. The van der Waals surface area contributed by atoms with Gasteiger partial charge in [-0.2, -0.15) is 0 Å². The van der Waals surface area contributed by atoms with Crippen LogP contribution in [0, 0.1) is 0 Å². The highest BCUT2D eigenvalue weighted by atomic mass is 32.2. The minimum Gasteiger partial charge on any atom is -0.379 e. The summed E-state index contributed by atoms with van der Waals surface area (Å²) < 4.78 is 40.2. The second kappa shape index (κ2) is 5.27. The van der Waals surface area contributed by atoms with Gasteiger partial charge >= 0.3 is 0 Å². The van der Waals surface area contributed by atoms with Crippen LogP contribution in [0.2, 0.25) is 0 Å². The van der Waals surface area contributed by atoms with Crippen molar-refractivity contribution in [3.63, 3.8) is 0 Å². The van der Waals surface area contributed by atoms with Crippen LogP contribution in [0.4, 0.5) is 0 Å². The fourth-order valence-electron chi connectivity index (χ4n) is 2.80. The second-order valence-electron chi connectivity index (χ2n) is 4.98. The van der Waals surface area contributed by atoms with Crippen LogP contribution in [-0.2, 0) is 24.0 Å². The Labute approximate surface area is 113 Å². The van der Waals surface area contributed by atoms with E-state index in [2.05, 4.69) is 4.90 Å². The Morgan fingerprint density at radius 3 is 1.89 bits per heavy atom. The molecule has 0 saturated carbocycles. The van der Waals surface area contributed by atoms with Crippen molar-refractivity contribution in [1.29, 1.82) is 0 Å². The predicted octanol–water partition coefficient (Wildman–Crippen LogP) is -1.29. The maximum atomic E-state index is 11.5. The van der Waals surface area contributed by atoms with Crippen molar-refractivity contribution in [3.05, 3.63) is 0 Å². The van der Waals surface area contributed by atoms with Crippen LogP contribution in [0.25, 0.3) is 0 Å². The quantitative estimate of drug-likeness (QED) is 0.627. The first-order valence-electron chi connectivity index (χ1n) is 6.69. The summed E-state index contributed by atoms with van der Waals surface area (Å²) in [4.78, 5) is 4.12. The third kappa shape index (κ3) is 2.65. The summed E-state index contributed by atoms with van der Waals surface area (Å²) in [6.45, 7) is 4.79. The average Bonchev–Trinajstić information content (AvgIpc) is 2.90. The molecule has 0 radical (unpaired) electrons. The van der Waals surface area contributed by atoms with Crippen molar-refractivity contribution in [1.82, 2.24) is 9.80 Å². The highest BCUT2D eigenvalue weighted by Crippen LogP contribution is 2.30. The Balaban J connectivity index is 1.76. The first-order chi connectivity index (χ1) is 9.12. The molecular formula is C11H20N2O5S. The van der Waals surface area contributed by atoms with Gasteiger partial charge in [0.2, 0.25) is 0 Å². The van der Waals surface area contributed by atoms with Crippen LogP contribution < -0.4 is 0 Å². The zero-order valence-corrected chi connectivity index (χ0v) is 11.7. The highest BCUT2D eigenvalue weighted by molar-refractivity contribution is 7.91. The van der Waals surface area contributed by atoms with E-state index >= 15 is 0 Å². The Hall–Kier alpha value is -0.250. The summed E-state index contributed by atoms with van der Waals surface area (Å²) in [6.07, 6.45) is 0. The van der Waals surface area contributed by atoms with Gasteiger partial charge in [-0.1, -0.05) is 0 Å². The Kier molecular flexibility index (Phi) is 3.80. The lowest BCUT2D eigenvalue weighted by Gasteiger charge is -2.47. The number of hydrogen-bond acceptors (Lipinski definition) is 7. The third-order valence-electron chi connectivity index (χ3n) is 3.82. The molecule has 0 spiro atoms. The summed E-state index contributed by atoms with van der Waals surface area (Å²) in [5.41, 5.74) is 0. The smallest absolute Gasteiger partial charge is 0.297 e. The van der Waals surface area contributed by atoms with Crippen molar-refractivity contribution >= 4 is 9.84 Å². The summed E-state index contributed by atoms with van der Waals surface area (Å²) in [5, 5.41) is 0. The summed E-state index contributed by atoms with van der Waals surface area (Å²) >= 11 is 0. The van der Waals surface area contributed by atoms with Crippen molar-refractivity contribution < 1.29 is 22.6 Å². The number of hydrogen-bond donors (Lipinski definition) is 0. The average molecular weight is 292 g/mol. The van der Waals surface area contributed by atoms with Gasteiger partial charge in [0.05, 0.1) is 37.9 Å². The van der Waals surface area contributed by atoms with Gasteiger partial charge in [0.15, 0.2) is 9.84 Å². The molecule has 8 heteroatoms. The van der Waals surface area contributed by atoms with Gasteiger partial charge in [-0.15, -0.1) is 0 Å². The van der Waals surface area contributed by atoms with E-state index in [9.17, 15) is 8.42 Å². The predicted molar refractivity (Wildman–Crippen MR) is 67.3 cm³/mol. The lowest BCUT2D eigenvalue weighted by Crippen LogP contribution is -2.66. The van der Waals surface area contributed by atoms with E-state index in [0.717, 1.165) is 13.1 Å². The van der Waals surface area contributed by atoms with Crippen LogP contribution >= 0.6 is 0 Å². The van der Waals surface area contributed by atoms with Gasteiger partial charge in [-0.05, 0) is 0 Å². The molecule has 3 aliphatic heterocycles. The Morgan fingerprint density at radius 2 is 1.32 bits per heavy atom. The van der Waals surface area contributed by atoms with Gasteiger partial charge in [-0.3, -0.25) is 0 Å². The normalized spacial score (nSPS) is 32.4. The molecule has 0 unspecified atom stereocenters. The molecular weight excluding hydrogens is 272 g/mol. The lowest BCUT2D eigenvalue weighted by atomic mass is 10.3. The van der Waals surface area contributed by atoms with E-state index < -0.39 is 15.9 Å². The number of nitrogens with zero attached hydrogens (tertiary/aromatic N) is 2. The first-order valence-corrected chi connectivity index (χ1v) is 8.51. The van der Waals surface area contributed by atoms with Crippen LogP contribution in [0.5, 0.6) is 0 Å². The molecule has 3 aliphatic rings. The van der Waals surface area contributed by atoms with Gasteiger partial charge in [0.1, 0.15) is 0 Å². The molecule has 0 aromatic heterocycles. The minimum atomic E-state index is -2.90. The number of rotatable bonds is 2. The monoisotopic (exact) mass is 292 g/mol. The lowest BCUT2D eigenvalue weighted by molar-refractivity contribution is -0.348. The maximum absolute atomic E-state index is 11.5. The maximum Gasteiger partial charge on any atom is 0.297 e. The molecule has 3 heterocycles. The zero-order valence-electron chi connectivity index (χ0n) is 10.9. The molecule has 0 aromatic carbocycles. The largest absolute Gasteiger partial charge is 0.379 e. The van der Waals surface area contributed by atoms with Crippen LogP contribution in [-0.4, -0.2) is 88.4 Å². The zero-order chi connectivity index (χ0) is 13.3. The van der Waals surface area contributed by atoms with Gasteiger partial charge < -0.3 is 14.2 Å². The van der Waals surface area contributed by atoms with E-state index in [-0.39, 0.29) is 11.5 Å². The molecule has 0 bridgehead atoms. The van der Waals surface area contributed by atoms with Crippen LogP contribution in [0.3, 0.4) is 0 Å². The number of ether oxygens (including phenoxy) is 3. The first kappa shape index (κ1) is 13.7. The molecule has 3 rings (SSSR count). The second-order valence-corrected chi connectivity index (χ2v) is 7.29. The highest BCUT2D eigenvalue weighted by Gasteiger charge is 2.50. The van der Waals surface area contributed by atoms with Crippen molar-refractivity contribution in [2.75, 3.05) is 64.1 Å². The van der Waals surface area contributed by atoms with Crippen molar-refractivity contribution in [2.45, 2.75) is 6.03 Å². The molecule has 0 N–H and O–H groups in total. The third-order valence-corrected chi connectivity index (χ3v) is 5.43. The molecule has 0 amide bonds. The fourth-order valence-corrected chi connectivity index (χ4v) is 4.00. The van der Waals surface area contributed by atoms with E-state index in [4.69, 9.17) is 14.2 Å².